The van der Waals surface area contributed by atoms with Crippen molar-refractivity contribution in [2.75, 3.05) is 24.8 Å². The molecule has 0 bridgehead atoms. The smallest absolute Gasteiger partial charge is 0.123 e. The Balaban J connectivity index is 2.05. The Kier molecular flexibility index (Phi) is 4.43. The van der Waals surface area contributed by atoms with Gasteiger partial charge in [0.2, 0.25) is 0 Å². The van der Waals surface area contributed by atoms with Crippen LogP contribution >= 0.6 is 0 Å². The van der Waals surface area contributed by atoms with Gasteiger partial charge < -0.3 is 20.5 Å². The van der Waals surface area contributed by atoms with E-state index in [2.05, 4.69) is 26.1 Å². The van der Waals surface area contributed by atoms with Gasteiger partial charge in [-0.2, -0.15) is 0 Å². The van der Waals surface area contributed by atoms with Crippen molar-refractivity contribution < 1.29 is 9.47 Å². The molecule has 0 heterocycles. The van der Waals surface area contributed by atoms with Crippen molar-refractivity contribution in [1.82, 2.24) is 0 Å². The summed E-state index contributed by atoms with van der Waals surface area (Å²) in [5.41, 5.74) is 7.81. The Morgan fingerprint density at radius 2 is 2.10 bits per heavy atom. The summed E-state index contributed by atoms with van der Waals surface area (Å²) in [6, 6.07) is 6.23. The number of anilines is 2. The molecule has 0 spiro atoms. The first-order valence-electron chi connectivity index (χ1n) is 7.30. The lowest BCUT2D eigenvalue weighted by atomic mass is 9.64. The molecule has 0 aliphatic heterocycles. The molecule has 20 heavy (non-hydrogen) atoms. The molecule has 0 aromatic heterocycles. The Hall–Kier alpha value is -1.42. The average Bonchev–Trinajstić information content (AvgIpc) is 2.40. The van der Waals surface area contributed by atoms with Gasteiger partial charge in [-0.15, -0.1) is 0 Å². The molecule has 2 atom stereocenters. The molecule has 1 aliphatic rings. The number of hydrogen-bond donors (Lipinski definition) is 2. The van der Waals surface area contributed by atoms with Crippen molar-refractivity contribution in [2.45, 2.75) is 45.8 Å². The van der Waals surface area contributed by atoms with Gasteiger partial charge in [-0.3, -0.25) is 0 Å². The fourth-order valence-electron chi connectivity index (χ4n) is 2.74. The first kappa shape index (κ1) is 15.0. The lowest BCUT2D eigenvalue weighted by Gasteiger charge is -2.51. The zero-order chi connectivity index (χ0) is 14.8. The summed E-state index contributed by atoms with van der Waals surface area (Å²) in [6.45, 7) is 7.25. The quantitative estimate of drug-likeness (QED) is 0.784. The van der Waals surface area contributed by atoms with Gasteiger partial charge in [-0.1, -0.05) is 20.8 Å². The minimum atomic E-state index is 0.129. The molecule has 3 N–H and O–H groups in total. The third-order valence-corrected chi connectivity index (χ3v) is 4.20. The Morgan fingerprint density at radius 3 is 2.70 bits per heavy atom. The van der Waals surface area contributed by atoms with Crippen molar-refractivity contribution in [1.29, 1.82) is 0 Å². The molecule has 1 aromatic rings. The highest BCUT2D eigenvalue weighted by molar-refractivity contribution is 5.60. The first-order valence-corrected chi connectivity index (χ1v) is 7.30. The fraction of sp³-hybridized carbons (Fsp3) is 0.625. The summed E-state index contributed by atoms with van der Waals surface area (Å²) in [4.78, 5) is 0. The fourth-order valence-corrected chi connectivity index (χ4v) is 2.74. The van der Waals surface area contributed by atoms with Crippen molar-refractivity contribution in [3.63, 3.8) is 0 Å². The van der Waals surface area contributed by atoms with E-state index in [9.17, 15) is 0 Å². The Labute approximate surface area is 121 Å². The largest absolute Gasteiger partial charge is 0.493 e. The molecule has 1 fully saturated rings. The van der Waals surface area contributed by atoms with E-state index >= 15 is 0 Å². The zero-order valence-corrected chi connectivity index (χ0v) is 12.9. The second kappa shape index (κ2) is 5.92. The van der Waals surface area contributed by atoms with Crippen molar-refractivity contribution in [2.24, 2.45) is 5.41 Å². The van der Waals surface area contributed by atoms with Gasteiger partial charge in [0.1, 0.15) is 5.75 Å². The van der Waals surface area contributed by atoms with Crippen LogP contribution in [-0.4, -0.2) is 25.9 Å². The number of rotatable bonds is 6. The lowest BCUT2D eigenvalue weighted by molar-refractivity contribution is -0.0794. The van der Waals surface area contributed by atoms with Crippen LogP contribution in [0.25, 0.3) is 0 Å². The third kappa shape index (κ3) is 3.01. The summed E-state index contributed by atoms with van der Waals surface area (Å²) in [7, 11) is 1.78. The maximum absolute atomic E-state index is 5.94. The van der Waals surface area contributed by atoms with Crippen LogP contribution in [0, 0.1) is 5.41 Å². The van der Waals surface area contributed by atoms with E-state index in [0.717, 1.165) is 30.0 Å². The molecule has 1 aliphatic carbocycles. The van der Waals surface area contributed by atoms with Crippen LogP contribution in [0.5, 0.6) is 5.75 Å². The summed E-state index contributed by atoms with van der Waals surface area (Å²) < 4.78 is 11.1. The van der Waals surface area contributed by atoms with E-state index in [1.165, 1.54) is 0 Å². The molecule has 2 unspecified atom stereocenters. The Bertz CT molecular complexity index is 460. The molecule has 112 valence electrons. The molecule has 2 rings (SSSR count). The van der Waals surface area contributed by atoms with Crippen molar-refractivity contribution in [3.8, 4) is 5.75 Å². The maximum Gasteiger partial charge on any atom is 0.123 e. The Morgan fingerprint density at radius 1 is 1.35 bits per heavy atom. The predicted octanol–water partition coefficient (Wildman–Crippen LogP) is 3.28. The summed E-state index contributed by atoms with van der Waals surface area (Å²) in [5.74, 6) is 0.828. The molecular weight excluding hydrogens is 252 g/mol. The van der Waals surface area contributed by atoms with E-state index in [1.54, 1.807) is 7.11 Å². The molecule has 1 aromatic carbocycles. The number of ether oxygens (including phenoxy) is 2. The molecule has 0 radical (unpaired) electrons. The van der Waals surface area contributed by atoms with E-state index in [0.29, 0.717) is 18.8 Å². The number of nitrogens with two attached hydrogens (primary N) is 1. The van der Waals surface area contributed by atoms with Gasteiger partial charge in [0.15, 0.2) is 0 Å². The number of benzene rings is 1. The molecule has 4 nitrogen and oxygen atoms in total. The summed E-state index contributed by atoms with van der Waals surface area (Å²) >= 11 is 0. The molecule has 4 heteroatoms. The van der Waals surface area contributed by atoms with Gasteiger partial charge in [-0.25, -0.2) is 0 Å². The highest BCUT2D eigenvalue weighted by atomic mass is 16.5. The summed E-state index contributed by atoms with van der Waals surface area (Å²) in [6.07, 6.45) is 2.32. The standard InChI is InChI=1S/C16H26N2O2/c1-5-6-20-13-8-11(17)7-12(9-13)18-14-10-15(19-4)16(14,2)3/h7-9,14-15,18H,5-6,10,17H2,1-4H3. The number of hydrogen-bond acceptors (Lipinski definition) is 4. The highest BCUT2D eigenvalue weighted by Crippen LogP contribution is 2.44. The maximum atomic E-state index is 5.94. The van der Waals surface area contributed by atoms with E-state index in [1.807, 2.05) is 18.2 Å². The highest BCUT2D eigenvalue weighted by Gasteiger charge is 2.48. The first-order chi connectivity index (χ1) is 9.47. The van der Waals surface area contributed by atoms with E-state index < -0.39 is 0 Å². The zero-order valence-electron chi connectivity index (χ0n) is 12.9. The van der Waals surface area contributed by atoms with Gasteiger partial charge in [0.25, 0.3) is 0 Å². The van der Waals surface area contributed by atoms with E-state index in [-0.39, 0.29) is 5.41 Å². The van der Waals surface area contributed by atoms with Crippen molar-refractivity contribution >= 4 is 11.4 Å². The van der Waals surface area contributed by atoms with E-state index in [4.69, 9.17) is 15.2 Å². The SMILES string of the molecule is CCCOc1cc(N)cc(NC2CC(OC)C2(C)C)c1. The number of methoxy groups -OCH3 is 1. The number of nitrogen functional groups attached to an aromatic ring is 1. The van der Waals surface area contributed by atoms with Gasteiger partial charge in [0, 0.05) is 42.1 Å². The monoisotopic (exact) mass is 278 g/mol. The average molecular weight is 278 g/mol. The summed E-state index contributed by atoms with van der Waals surface area (Å²) in [5, 5.41) is 3.55. The molecule has 0 amide bonds. The topological polar surface area (TPSA) is 56.5 Å². The second-order valence-electron chi connectivity index (χ2n) is 6.12. The normalized spacial score (nSPS) is 24.0. The molecule has 1 saturated carbocycles. The van der Waals surface area contributed by atoms with Crippen LogP contribution in [0.2, 0.25) is 0 Å². The predicted molar refractivity (Wildman–Crippen MR) is 83.2 cm³/mol. The lowest BCUT2D eigenvalue weighted by Crippen LogP contribution is -2.57. The van der Waals surface area contributed by atoms with Crippen LogP contribution < -0.4 is 15.8 Å². The second-order valence-corrected chi connectivity index (χ2v) is 6.12. The molecular formula is C16H26N2O2. The number of nitrogens with one attached hydrogen (secondary N) is 1. The van der Waals surface area contributed by atoms with Crippen LogP contribution in [0.4, 0.5) is 11.4 Å². The van der Waals surface area contributed by atoms with Crippen LogP contribution in [-0.2, 0) is 4.74 Å². The third-order valence-electron chi connectivity index (χ3n) is 4.20. The molecule has 0 saturated heterocycles. The van der Waals surface area contributed by atoms with Gasteiger partial charge in [0.05, 0.1) is 12.7 Å². The van der Waals surface area contributed by atoms with Gasteiger partial charge >= 0.3 is 0 Å². The van der Waals surface area contributed by atoms with Crippen LogP contribution in [0.3, 0.4) is 0 Å². The van der Waals surface area contributed by atoms with Gasteiger partial charge in [-0.05, 0) is 18.9 Å². The van der Waals surface area contributed by atoms with Crippen LogP contribution in [0.1, 0.15) is 33.6 Å². The van der Waals surface area contributed by atoms with Crippen molar-refractivity contribution in [3.05, 3.63) is 18.2 Å². The minimum absolute atomic E-state index is 0.129. The van der Waals surface area contributed by atoms with Crippen LogP contribution in [0.15, 0.2) is 18.2 Å². The minimum Gasteiger partial charge on any atom is -0.493 e.